The van der Waals surface area contributed by atoms with Crippen molar-refractivity contribution in [1.29, 1.82) is 0 Å². The van der Waals surface area contributed by atoms with Crippen LogP contribution in [0.1, 0.15) is 58.0 Å². The highest BCUT2D eigenvalue weighted by Crippen LogP contribution is 2.36. The van der Waals surface area contributed by atoms with Crippen molar-refractivity contribution in [3.63, 3.8) is 0 Å². The molecule has 3 saturated heterocycles. The molecule has 4 aliphatic heterocycles. The van der Waals surface area contributed by atoms with Gasteiger partial charge in [0.2, 0.25) is 17.7 Å². The highest BCUT2D eigenvalue weighted by molar-refractivity contribution is 6.25. The number of halogens is 1. The monoisotopic (exact) mass is 931 g/mol. The molecule has 5 aromatic rings. The first kappa shape index (κ1) is 46.2. The maximum atomic E-state index is 14.1. The first-order chi connectivity index (χ1) is 33.2. The molecule has 0 bridgehead atoms. The average Bonchev–Trinajstić information content (AvgIpc) is 4.08. The van der Waals surface area contributed by atoms with E-state index in [1.165, 1.54) is 6.07 Å². The second kappa shape index (κ2) is 21.4. The Bertz CT molecular complexity index is 2640. The molecule has 1 unspecified atom stereocenters. The quantitative estimate of drug-likeness (QED) is 0.0758. The number of imidazole rings is 1. The molecule has 3 fully saturated rings. The Balaban J connectivity index is 0.618. The van der Waals surface area contributed by atoms with Gasteiger partial charge in [-0.15, -0.1) is 5.10 Å². The van der Waals surface area contributed by atoms with Crippen LogP contribution in [-0.2, 0) is 28.6 Å². The van der Waals surface area contributed by atoms with Crippen LogP contribution >= 0.6 is 0 Å². The van der Waals surface area contributed by atoms with Gasteiger partial charge in [-0.1, -0.05) is 18.2 Å². The van der Waals surface area contributed by atoms with E-state index in [4.69, 9.17) is 24.3 Å². The SMILES string of the molecule is O=C(CN1CCN(c2ccc(-c3cnc4ccc(N5CCC[C@@H]5c5cccc(F)c5)nn34)nc2)CC1)NCCOCCOCCOCCNc1cccc2c1C(=O)N(C1CCC(=O)NC1=O)C2=O. The molecule has 0 spiro atoms. The van der Waals surface area contributed by atoms with E-state index in [2.05, 4.69) is 41.7 Å². The van der Waals surface area contributed by atoms with Crippen molar-refractivity contribution in [2.45, 2.75) is 37.8 Å². The minimum atomic E-state index is -1.03. The Kier molecular flexibility index (Phi) is 14.6. The molecule has 2 aromatic carbocycles. The molecule has 0 radical (unpaired) electrons. The van der Waals surface area contributed by atoms with E-state index in [1.54, 1.807) is 36.5 Å². The largest absolute Gasteiger partial charge is 0.382 e. The van der Waals surface area contributed by atoms with Crippen LogP contribution in [0, 0.1) is 5.82 Å². The standard InChI is InChI=1S/C48H54FN11O8/c49-33-5-1-4-32(28-33)38-8-3-17-58(38)42-13-12-41-53-30-40(60(41)55-42)36-10-9-34(29-52-36)57-20-18-56(19-21-57)31-44(62)51-16-23-67-25-27-68-26-24-66-22-15-50-37-7-2-6-35-45(37)48(65)59(47(35)64)39-11-14-43(61)54-46(39)63/h1-2,4-7,9-10,12-13,28-30,38-39,50H,3,8,11,14-27,31H2,(H,51,62)(H,54,61,63)/t38-,39?/m1/s1. The van der Waals surface area contributed by atoms with Crippen molar-refractivity contribution in [1.82, 2.24) is 40.0 Å². The first-order valence-electron chi connectivity index (χ1n) is 23.1. The molecule has 356 valence electrons. The molecule has 0 saturated carbocycles. The molecule has 4 aliphatic rings. The summed E-state index contributed by atoms with van der Waals surface area (Å²) < 4.78 is 32.7. The fourth-order valence-electron chi connectivity index (χ4n) is 9.17. The topological polar surface area (TPSA) is 205 Å². The minimum absolute atomic E-state index is 0.0547. The number of carbonyl (C=O) groups excluding carboxylic acids is 5. The van der Waals surface area contributed by atoms with Gasteiger partial charge in [-0.2, -0.15) is 0 Å². The summed E-state index contributed by atoms with van der Waals surface area (Å²) in [5.74, 6) is -1.68. The number of nitrogens with zero attached hydrogens (tertiary/aromatic N) is 8. The molecule has 20 heteroatoms. The zero-order valence-corrected chi connectivity index (χ0v) is 37.6. The van der Waals surface area contributed by atoms with Crippen LogP contribution in [0.2, 0.25) is 0 Å². The second-order valence-electron chi connectivity index (χ2n) is 17.0. The lowest BCUT2D eigenvalue weighted by Crippen LogP contribution is -2.54. The number of ether oxygens (including phenoxy) is 3. The number of carbonyl (C=O) groups is 5. The molecule has 3 aromatic heterocycles. The molecule has 7 heterocycles. The Hall–Kier alpha value is -6.87. The number of anilines is 3. The van der Waals surface area contributed by atoms with Crippen molar-refractivity contribution >= 4 is 52.4 Å². The van der Waals surface area contributed by atoms with Gasteiger partial charge >= 0.3 is 0 Å². The number of amides is 5. The maximum absolute atomic E-state index is 14.1. The Labute approximate surface area is 391 Å². The number of nitrogens with one attached hydrogen (secondary N) is 3. The van der Waals surface area contributed by atoms with Gasteiger partial charge in [0, 0.05) is 57.9 Å². The highest BCUT2D eigenvalue weighted by Gasteiger charge is 2.45. The number of piperazine rings is 1. The summed E-state index contributed by atoms with van der Waals surface area (Å²) >= 11 is 0. The second-order valence-corrected chi connectivity index (χ2v) is 17.0. The number of rotatable bonds is 20. The molecule has 9 rings (SSSR count). The van der Waals surface area contributed by atoms with Gasteiger partial charge in [0.25, 0.3) is 11.8 Å². The van der Waals surface area contributed by atoms with E-state index in [1.807, 2.05) is 35.0 Å². The average molecular weight is 932 g/mol. The van der Waals surface area contributed by atoms with Crippen LogP contribution in [0.4, 0.5) is 21.6 Å². The number of aromatic nitrogens is 4. The summed E-state index contributed by atoms with van der Waals surface area (Å²) in [5, 5.41) is 13.2. The normalized spacial score (nSPS) is 18.7. The predicted octanol–water partition coefficient (Wildman–Crippen LogP) is 3.07. The summed E-state index contributed by atoms with van der Waals surface area (Å²) in [6.07, 6.45) is 5.74. The number of fused-ring (bicyclic) bond motifs is 2. The maximum Gasteiger partial charge on any atom is 0.264 e. The van der Waals surface area contributed by atoms with Crippen molar-refractivity contribution < 1.29 is 42.6 Å². The fraction of sp³-hybridized carbons (Fsp3) is 0.417. The number of hydrogen-bond donors (Lipinski definition) is 3. The Morgan fingerprint density at radius 3 is 2.32 bits per heavy atom. The lowest BCUT2D eigenvalue weighted by atomic mass is 10.0. The number of imide groups is 2. The van der Waals surface area contributed by atoms with Crippen molar-refractivity contribution in [3.8, 4) is 11.4 Å². The van der Waals surface area contributed by atoms with Crippen LogP contribution in [0.5, 0.6) is 0 Å². The third kappa shape index (κ3) is 10.5. The fourth-order valence-corrected chi connectivity index (χ4v) is 9.17. The van der Waals surface area contributed by atoms with Gasteiger partial charge in [-0.3, -0.25) is 44.1 Å². The number of benzene rings is 2. The summed E-state index contributed by atoms with van der Waals surface area (Å²) in [5.41, 5.74) is 5.09. The van der Waals surface area contributed by atoms with E-state index < -0.39 is 29.7 Å². The zero-order valence-electron chi connectivity index (χ0n) is 37.6. The van der Waals surface area contributed by atoms with Crippen molar-refractivity contribution in [2.24, 2.45) is 0 Å². The zero-order chi connectivity index (χ0) is 47.0. The van der Waals surface area contributed by atoms with Gasteiger partial charge in [-0.05, 0) is 73.4 Å². The van der Waals surface area contributed by atoms with E-state index in [9.17, 15) is 28.4 Å². The van der Waals surface area contributed by atoms with Gasteiger partial charge < -0.3 is 34.6 Å². The molecular weight excluding hydrogens is 878 g/mol. The number of piperidine rings is 1. The molecule has 2 atom stereocenters. The lowest BCUT2D eigenvalue weighted by Gasteiger charge is -2.35. The lowest BCUT2D eigenvalue weighted by molar-refractivity contribution is -0.136. The van der Waals surface area contributed by atoms with Gasteiger partial charge in [0.1, 0.15) is 23.4 Å². The highest BCUT2D eigenvalue weighted by atomic mass is 19.1. The third-order valence-corrected chi connectivity index (χ3v) is 12.6. The first-order valence-corrected chi connectivity index (χ1v) is 23.1. The number of hydrogen-bond acceptors (Lipinski definition) is 15. The molecule has 0 aliphatic carbocycles. The van der Waals surface area contributed by atoms with Crippen LogP contribution in [0.15, 0.2) is 79.1 Å². The molecular formula is C48H54FN11O8. The van der Waals surface area contributed by atoms with Gasteiger partial charge in [-0.25, -0.2) is 13.9 Å². The summed E-state index contributed by atoms with van der Waals surface area (Å²) in [7, 11) is 0. The summed E-state index contributed by atoms with van der Waals surface area (Å²) in [6, 6.07) is 18.7. The summed E-state index contributed by atoms with van der Waals surface area (Å²) in [6.45, 7) is 7.00. The number of pyridine rings is 1. The van der Waals surface area contributed by atoms with Gasteiger partial charge in [0.05, 0.1) is 87.1 Å². The predicted molar refractivity (Wildman–Crippen MR) is 248 cm³/mol. The van der Waals surface area contributed by atoms with Crippen LogP contribution in [-0.4, -0.2) is 157 Å². The third-order valence-electron chi connectivity index (χ3n) is 12.6. The molecule has 19 nitrogen and oxygen atoms in total. The smallest absolute Gasteiger partial charge is 0.264 e. The summed E-state index contributed by atoms with van der Waals surface area (Å²) in [4.78, 5) is 79.8. The molecule has 5 amide bonds. The van der Waals surface area contributed by atoms with E-state index in [0.29, 0.717) is 65.0 Å². The van der Waals surface area contributed by atoms with E-state index >= 15 is 0 Å². The van der Waals surface area contributed by atoms with E-state index in [-0.39, 0.29) is 41.7 Å². The Morgan fingerprint density at radius 1 is 0.779 bits per heavy atom. The van der Waals surface area contributed by atoms with E-state index in [0.717, 1.165) is 84.6 Å². The molecule has 68 heavy (non-hydrogen) atoms. The van der Waals surface area contributed by atoms with Crippen LogP contribution in [0.3, 0.4) is 0 Å². The van der Waals surface area contributed by atoms with Crippen LogP contribution in [0.25, 0.3) is 17.0 Å². The minimum Gasteiger partial charge on any atom is -0.382 e. The molecule has 3 N–H and O–H groups in total. The Morgan fingerprint density at radius 2 is 1.56 bits per heavy atom. The van der Waals surface area contributed by atoms with Crippen LogP contribution < -0.4 is 25.8 Å². The van der Waals surface area contributed by atoms with Crippen molar-refractivity contribution in [2.75, 3.05) is 107 Å². The van der Waals surface area contributed by atoms with Gasteiger partial charge in [0.15, 0.2) is 5.65 Å². The van der Waals surface area contributed by atoms with Crippen molar-refractivity contribution in [3.05, 3.63) is 102 Å².